The third kappa shape index (κ3) is 5.91. The Morgan fingerprint density at radius 2 is 1.94 bits per heavy atom. The van der Waals surface area contributed by atoms with Crippen LogP contribution in [0.2, 0.25) is 0 Å². The fourth-order valence-electron chi connectivity index (χ4n) is 3.05. The Morgan fingerprint density at radius 1 is 1.18 bits per heavy atom. The van der Waals surface area contributed by atoms with Gasteiger partial charge in [-0.05, 0) is 29.8 Å². The van der Waals surface area contributed by atoms with Gasteiger partial charge in [-0.3, -0.25) is 14.4 Å². The largest absolute Gasteiger partial charge is 0.481 e. The third-order valence-electron chi connectivity index (χ3n) is 4.68. The Kier molecular flexibility index (Phi) is 7.01. The molecule has 2 aromatic carbocycles. The molecule has 0 fully saturated rings. The summed E-state index contributed by atoms with van der Waals surface area (Å²) >= 11 is 0. The fourth-order valence-corrected chi connectivity index (χ4v) is 3.05. The molecule has 172 valence electrons. The van der Waals surface area contributed by atoms with E-state index in [9.17, 15) is 33.1 Å². The van der Waals surface area contributed by atoms with Gasteiger partial charge in [-0.1, -0.05) is 12.1 Å². The second-order valence-corrected chi connectivity index (χ2v) is 7.12. The van der Waals surface area contributed by atoms with Gasteiger partial charge in [0.1, 0.15) is 11.6 Å². The number of nitrogens with one attached hydrogen (secondary N) is 2. The van der Waals surface area contributed by atoms with E-state index >= 15 is 0 Å². The zero-order valence-corrected chi connectivity index (χ0v) is 17.2. The number of ether oxygens (including phenoxy) is 1. The van der Waals surface area contributed by atoms with E-state index in [1.165, 1.54) is 37.5 Å². The number of urea groups is 1. The van der Waals surface area contributed by atoms with Gasteiger partial charge in [-0.2, -0.15) is 0 Å². The van der Waals surface area contributed by atoms with Crippen molar-refractivity contribution in [1.29, 1.82) is 0 Å². The minimum Gasteiger partial charge on any atom is -0.481 e. The Bertz CT molecular complexity index is 1140. The second-order valence-electron chi connectivity index (χ2n) is 7.12. The van der Waals surface area contributed by atoms with Crippen molar-refractivity contribution in [1.82, 2.24) is 15.5 Å². The highest BCUT2D eigenvalue weighted by molar-refractivity contribution is 6.14. The Balaban J connectivity index is 1.77. The number of benzene rings is 2. The summed E-state index contributed by atoms with van der Waals surface area (Å²) in [5.74, 6) is -4.35. The molecule has 1 unspecified atom stereocenters. The quantitative estimate of drug-likeness (QED) is 0.547. The molecule has 2 atom stereocenters. The first-order valence-electron chi connectivity index (χ1n) is 9.64. The van der Waals surface area contributed by atoms with E-state index in [0.29, 0.717) is 11.6 Å². The first kappa shape index (κ1) is 23.4. The maximum Gasteiger partial charge on any atom is 0.316 e. The summed E-state index contributed by atoms with van der Waals surface area (Å²) in [6, 6.07) is 5.15. The van der Waals surface area contributed by atoms with Crippen LogP contribution < -0.4 is 15.4 Å². The minimum atomic E-state index is -1.44. The number of likely N-dealkylation sites (N-methyl/N-ethyl adjacent to an activating group) is 1. The summed E-state index contributed by atoms with van der Waals surface area (Å²) in [6.07, 6.45) is 1.87. The van der Waals surface area contributed by atoms with Crippen molar-refractivity contribution < 1.29 is 37.8 Å². The smallest absolute Gasteiger partial charge is 0.316 e. The average molecular weight is 459 g/mol. The van der Waals surface area contributed by atoms with Crippen LogP contribution in [0.25, 0.3) is 0 Å². The molecule has 0 bridgehead atoms. The van der Waals surface area contributed by atoms with Gasteiger partial charge >= 0.3 is 12.0 Å². The van der Waals surface area contributed by atoms with E-state index in [1.807, 2.05) is 0 Å². The predicted molar refractivity (Wildman–Crippen MR) is 110 cm³/mol. The summed E-state index contributed by atoms with van der Waals surface area (Å²) in [5.41, 5.74) is 0.297. The molecule has 1 heterocycles. The van der Waals surface area contributed by atoms with Gasteiger partial charge in [0.05, 0.1) is 12.5 Å². The van der Waals surface area contributed by atoms with Gasteiger partial charge in [0.2, 0.25) is 0 Å². The number of hydrogen-bond acceptors (Lipinski definition) is 5. The van der Waals surface area contributed by atoms with Gasteiger partial charge in [-0.25, -0.2) is 13.6 Å². The van der Waals surface area contributed by atoms with Gasteiger partial charge in [0.15, 0.2) is 23.4 Å². The van der Waals surface area contributed by atoms with Crippen LogP contribution in [0.1, 0.15) is 18.0 Å². The Labute approximate surface area is 186 Å². The van der Waals surface area contributed by atoms with E-state index < -0.39 is 53.8 Å². The van der Waals surface area contributed by atoms with Crippen LogP contribution in [-0.2, 0) is 14.4 Å². The standard InChI is InChI=1S/C22H19F2N3O6/c1-27-8-7-17(28)20(21(27)31)26-22(32)25-16(11-19(29)30)12-3-2-4-14(9-12)33-18-6-5-13(23)10-15(18)24/h2-10,16,20H,11H2,1H3,(H,29,30)(H2,25,26,32)/t16-,20?/m0/s1. The summed E-state index contributed by atoms with van der Waals surface area (Å²) in [7, 11) is 1.42. The van der Waals surface area contributed by atoms with Gasteiger partial charge in [0, 0.05) is 25.4 Å². The van der Waals surface area contributed by atoms with E-state index in [4.69, 9.17) is 4.74 Å². The van der Waals surface area contributed by atoms with Crippen molar-refractivity contribution in [3.05, 3.63) is 71.9 Å². The fraction of sp³-hybridized carbons (Fsp3) is 0.182. The number of carboxylic acid groups (broad SMARTS) is 1. The van der Waals surface area contributed by atoms with Crippen molar-refractivity contribution in [2.45, 2.75) is 18.5 Å². The molecule has 0 saturated carbocycles. The molecular formula is C22H19F2N3O6. The average Bonchev–Trinajstić information content (AvgIpc) is 2.75. The molecule has 2 aromatic rings. The van der Waals surface area contributed by atoms with Crippen LogP contribution in [0.5, 0.6) is 11.5 Å². The highest BCUT2D eigenvalue weighted by Crippen LogP contribution is 2.28. The topological polar surface area (TPSA) is 125 Å². The first-order valence-corrected chi connectivity index (χ1v) is 9.64. The monoisotopic (exact) mass is 459 g/mol. The van der Waals surface area contributed by atoms with Crippen LogP contribution in [0.4, 0.5) is 13.6 Å². The molecular weight excluding hydrogens is 440 g/mol. The van der Waals surface area contributed by atoms with Crippen molar-refractivity contribution in [2.75, 3.05) is 7.05 Å². The normalized spacial score (nSPS) is 16.3. The summed E-state index contributed by atoms with van der Waals surface area (Å²) in [6.45, 7) is 0. The van der Waals surface area contributed by atoms with Gasteiger partial charge in [-0.15, -0.1) is 0 Å². The molecule has 3 amide bonds. The third-order valence-corrected chi connectivity index (χ3v) is 4.68. The molecule has 33 heavy (non-hydrogen) atoms. The Morgan fingerprint density at radius 3 is 2.64 bits per heavy atom. The predicted octanol–water partition coefficient (Wildman–Crippen LogP) is 2.50. The molecule has 3 rings (SSSR count). The van der Waals surface area contributed by atoms with E-state index in [-0.39, 0.29) is 11.5 Å². The number of nitrogens with zero attached hydrogens (tertiary/aromatic N) is 1. The molecule has 1 aliphatic rings. The molecule has 9 nitrogen and oxygen atoms in total. The number of halogens is 2. The highest BCUT2D eigenvalue weighted by Gasteiger charge is 2.32. The van der Waals surface area contributed by atoms with Crippen molar-refractivity contribution >= 4 is 23.7 Å². The first-order chi connectivity index (χ1) is 15.6. The number of carbonyl (C=O) groups excluding carboxylic acids is 3. The lowest BCUT2D eigenvalue weighted by atomic mass is 10.0. The molecule has 0 aromatic heterocycles. The molecule has 1 aliphatic heterocycles. The van der Waals surface area contributed by atoms with Crippen LogP contribution in [0.15, 0.2) is 54.7 Å². The number of hydrogen-bond donors (Lipinski definition) is 3. The Hall–Kier alpha value is -4.28. The molecule has 0 spiro atoms. The van der Waals surface area contributed by atoms with Gasteiger partial charge < -0.3 is 25.4 Å². The van der Waals surface area contributed by atoms with Gasteiger partial charge in [0.25, 0.3) is 5.91 Å². The lowest BCUT2D eigenvalue weighted by molar-refractivity contribution is -0.138. The van der Waals surface area contributed by atoms with Crippen LogP contribution >= 0.6 is 0 Å². The molecule has 3 N–H and O–H groups in total. The zero-order valence-electron chi connectivity index (χ0n) is 17.2. The lowest BCUT2D eigenvalue weighted by Crippen LogP contribution is -2.55. The number of rotatable bonds is 7. The molecule has 0 aliphatic carbocycles. The summed E-state index contributed by atoms with van der Waals surface area (Å²) in [4.78, 5) is 49.0. The molecule has 0 radical (unpaired) electrons. The van der Waals surface area contributed by atoms with Crippen LogP contribution in [-0.4, -0.2) is 46.8 Å². The molecule has 11 heteroatoms. The maximum atomic E-state index is 13.9. The number of carbonyl (C=O) groups is 4. The van der Waals surface area contributed by atoms with E-state index in [0.717, 1.165) is 23.1 Å². The van der Waals surface area contributed by atoms with Crippen LogP contribution in [0, 0.1) is 11.6 Å². The zero-order chi connectivity index (χ0) is 24.1. The van der Waals surface area contributed by atoms with Crippen molar-refractivity contribution in [2.24, 2.45) is 0 Å². The minimum absolute atomic E-state index is 0.111. The summed E-state index contributed by atoms with van der Waals surface area (Å²) in [5, 5.41) is 13.9. The van der Waals surface area contributed by atoms with Crippen LogP contribution in [0.3, 0.4) is 0 Å². The second kappa shape index (κ2) is 9.90. The van der Waals surface area contributed by atoms with E-state index in [2.05, 4.69) is 10.6 Å². The number of amides is 3. The number of carboxylic acids is 1. The maximum absolute atomic E-state index is 13.9. The lowest BCUT2D eigenvalue weighted by Gasteiger charge is -2.25. The van der Waals surface area contributed by atoms with Crippen molar-refractivity contribution in [3.63, 3.8) is 0 Å². The SMILES string of the molecule is CN1C=CC(=O)C(NC(=O)N[C@@H](CC(=O)O)c2cccc(Oc3ccc(F)cc3F)c2)C1=O. The van der Waals surface area contributed by atoms with Crippen molar-refractivity contribution in [3.8, 4) is 11.5 Å². The number of ketones is 1. The molecule has 0 saturated heterocycles. The number of aliphatic carboxylic acids is 1. The highest BCUT2D eigenvalue weighted by atomic mass is 19.1. The van der Waals surface area contributed by atoms with E-state index in [1.54, 1.807) is 0 Å². The summed E-state index contributed by atoms with van der Waals surface area (Å²) < 4.78 is 32.4.